The first-order valence-electron chi connectivity index (χ1n) is 6.34. The number of nitrogens with two attached hydrogens (primary N) is 1. The van der Waals surface area contributed by atoms with Gasteiger partial charge in [0.2, 0.25) is 0 Å². The van der Waals surface area contributed by atoms with Crippen molar-refractivity contribution < 1.29 is 8.78 Å². The second-order valence-corrected chi connectivity index (χ2v) is 5.53. The highest BCUT2D eigenvalue weighted by Gasteiger charge is 2.15. The van der Waals surface area contributed by atoms with Crippen molar-refractivity contribution in [2.24, 2.45) is 5.84 Å². The third-order valence-corrected chi connectivity index (χ3v) is 3.87. The van der Waals surface area contributed by atoms with E-state index in [0.717, 1.165) is 0 Å². The molecular formula is C15H14Cl2F2N2. The van der Waals surface area contributed by atoms with Crippen molar-refractivity contribution in [3.05, 3.63) is 69.2 Å². The van der Waals surface area contributed by atoms with Crippen LogP contribution in [0, 0.1) is 11.6 Å². The first-order chi connectivity index (χ1) is 10.0. The van der Waals surface area contributed by atoms with Crippen LogP contribution >= 0.6 is 23.2 Å². The Bertz CT molecular complexity index is 615. The molecule has 1 atom stereocenters. The molecule has 0 saturated carbocycles. The molecule has 0 saturated heterocycles. The van der Waals surface area contributed by atoms with Gasteiger partial charge in [-0.2, -0.15) is 0 Å². The number of hydrogen-bond acceptors (Lipinski definition) is 2. The summed E-state index contributed by atoms with van der Waals surface area (Å²) >= 11 is 11.6. The van der Waals surface area contributed by atoms with Gasteiger partial charge in [-0.25, -0.2) is 8.78 Å². The molecule has 0 heterocycles. The maximum absolute atomic E-state index is 13.8. The summed E-state index contributed by atoms with van der Waals surface area (Å²) in [5.74, 6) is 4.63. The topological polar surface area (TPSA) is 38.0 Å². The highest BCUT2D eigenvalue weighted by Crippen LogP contribution is 2.22. The van der Waals surface area contributed by atoms with Crippen LogP contribution in [0.2, 0.25) is 10.0 Å². The molecular weight excluding hydrogens is 317 g/mol. The van der Waals surface area contributed by atoms with E-state index < -0.39 is 5.82 Å². The van der Waals surface area contributed by atoms with E-state index in [2.05, 4.69) is 5.43 Å². The lowest BCUT2D eigenvalue weighted by atomic mass is 9.99. The van der Waals surface area contributed by atoms with Gasteiger partial charge in [0.1, 0.15) is 11.6 Å². The van der Waals surface area contributed by atoms with Gasteiger partial charge >= 0.3 is 0 Å². The minimum Gasteiger partial charge on any atom is -0.271 e. The van der Waals surface area contributed by atoms with E-state index in [1.54, 1.807) is 18.2 Å². The maximum atomic E-state index is 13.8. The Morgan fingerprint density at radius 1 is 1.00 bits per heavy atom. The summed E-state index contributed by atoms with van der Waals surface area (Å²) in [4.78, 5) is 0. The Balaban J connectivity index is 2.15. The minimum absolute atomic E-state index is 0.0631. The van der Waals surface area contributed by atoms with Crippen LogP contribution in [0.5, 0.6) is 0 Å². The summed E-state index contributed by atoms with van der Waals surface area (Å²) in [7, 11) is 0. The number of rotatable bonds is 5. The number of benzene rings is 2. The Labute approximate surface area is 131 Å². The van der Waals surface area contributed by atoms with E-state index in [1.807, 2.05) is 0 Å². The Kier molecular flexibility index (Phi) is 5.53. The van der Waals surface area contributed by atoms with Crippen LogP contribution in [0.4, 0.5) is 8.78 Å². The molecule has 0 amide bonds. The molecule has 112 valence electrons. The number of hydrazine groups is 1. The lowest BCUT2D eigenvalue weighted by Gasteiger charge is -2.17. The molecule has 2 rings (SSSR count). The first kappa shape index (κ1) is 16.2. The molecule has 0 aromatic heterocycles. The van der Waals surface area contributed by atoms with E-state index >= 15 is 0 Å². The van der Waals surface area contributed by atoms with Crippen molar-refractivity contribution in [1.82, 2.24) is 5.43 Å². The molecule has 2 aromatic rings. The summed E-state index contributed by atoms with van der Waals surface area (Å²) in [6.07, 6.45) is 0.724. The SMILES string of the molecule is NNC(Cc1ccc(Cl)c(F)c1)Cc1c(F)cccc1Cl. The molecule has 0 aliphatic heterocycles. The van der Waals surface area contributed by atoms with E-state index in [0.29, 0.717) is 29.0 Å². The normalized spacial score (nSPS) is 12.4. The van der Waals surface area contributed by atoms with Crippen molar-refractivity contribution in [2.75, 3.05) is 0 Å². The monoisotopic (exact) mass is 330 g/mol. The Morgan fingerprint density at radius 2 is 1.76 bits per heavy atom. The third-order valence-electron chi connectivity index (χ3n) is 3.21. The van der Waals surface area contributed by atoms with Crippen molar-refractivity contribution in [3.8, 4) is 0 Å². The van der Waals surface area contributed by atoms with Gasteiger partial charge in [-0.15, -0.1) is 0 Å². The second-order valence-electron chi connectivity index (χ2n) is 4.72. The summed E-state index contributed by atoms with van der Waals surface area (Å²) in [6.45, 7) is 0. The molecule has 21 heavy (non-hydrogen) atoms. The lowest BCUT2D eigenvalue weighted by molar-refractivity contribution is 0.505. The zero-order valence-corrected chi connectivity index (χ0v) is 12.6. The lowest BCUT2D eigenvalue weighted by Crippen LogP contribution is -2.38. The van der Waals surface area contributed by atoms with Gasteiger partial charge in [-0.1, -0.05) is 35.3 Å². The fourth-order valence-electron chi connectivity index (χ4n) is 2.11. The summed E-state index contributed by atoms with van der Waals surface area (Å²) < 4.78 is 27.2. The van der Waals surface area contributed by atoms with Gasteiger partial charge in [0.25, 0.3) is 0 Å². The van der Waals surface area contributed by atoms with Crippen LogP contribution in [-0.2, 0) is 12.8 Å². The minimum atomic E-state index is -0.492. The standard InChI is InChI=1S/C15H14Cl2F2N2/c16-12-2-1-3-14(18)11(12)8-10(21-20)6-9-4-5-13(17)15(19)7-9/h1-5,7,10,21H,6,8,20H2. The Morgan fingerprint density at radius 3 is 2.38 bits per heavy atom. The number of hydrogen-bond donors (Lipinski definition) is 2. The van der Waals surface area contributed by atoms with Crippen molar-refractivity contribution in [3.63, 3.8) is 0 Å². The number of nitrogens with one attached hydrogen (secondary N) is 1. The molecule has 2 nitrogen and oxygen atoms in total. The van der Waals surface area contributed by atoms with Crippen LogP contribution in [0.1, 0.15) is 11.1 Å². The largest absolute Gasteiger partial charge is 0.271 e. The maximum Gasteiger partial charge on any atom is 0.142 e. The zero-order valence-electron chi connectivity index (χ0n) is 11.0. The molecule has 0 fully saturated rings. The number of halogens is 4. The average Bonchev–Trinajstić information content (AvgIpc) is 2.45. The average molecular weight is 331 g/mol. The van der Waals surface area contributed by atoms with Crippen molar-refractivity contribution in [2.45, 2.75) is 18.9 Å². The predicted octanol–water partition coefficient (Wildman–Crippen LogP) is 3.89. The molecule has 0 aliphatic carbocycles. The van der Waals surface area contributed by atoms with Gasteiger partial charge in [0.15, 0.2) is 0 Å². The smallest absolute Gasteiger partial charge is 0.142 e. The van der Waals surface area contributed by atoms with Gasteiger partial charge in [0.05, 0.1) is 5.02 Å². The van der Waals surface area contributed by atoms with Crippen LogP contribution in [-0.4, -0.2) is 6.04 Å². The van der Waals surface area contributed by atoms with E-state index in [-0.39, 0.29) is 16.9 Å². The summed E-state index contributed by atoms with van der Waals surface area (Å²) in [5, 5.41) is 0.408. The van der Waals surface area contributed by atoms with Crippen LogP contribution < -0.4 is 11.3 Å². The fraction of sp³-hybridized carbons (Fsp3) is 0.200. The second kappa shape index (κ2) is 7.18. The van der Waals surface area contributed by atoms with E-state index in [1.165, 1.54) is 18.2 Å². The predicted molar refractivity (Wildman–Crippen MR) is 81.3 cm³/mol. The molecule has 6 heteroatoms. The van der Waals surface area contributed by atoms with E-state index in [9.17, 15) is 8.78 Å². The quantitative estimate of drug-likeness (QED) is 0.644. The molecule has 0 spiro atoms. The highest BCUT2D eigenvalue weighted by molar-refractivity contribution is 6.31. The Hall–Kier alpha value is -1.20. The molecule has 0 aliphatic rings. The van der Waals surface area contributed by atoms with Crippen LogP contribution in [0.25, 0.3) is 0 Å². The highest BCUT2D eigenvalue weighted by atomic mass is 35.5. The molecule has 1 unspecified atom stereocenters. The van der Waals surface area contributed by atoms with E-state index in [4.69, 9.17) is 29.0 Å². The zero-order chi connectivity index (χ0) is 15.4. The van der Waals surface area contributed by atoms with Crippen LogP contribution in [0.15, 0.2) is 36.4 Å². The molecule has 0 radical (unpaired) electrons. The van der Waals surface area contributed by atoms with Crippen LogP contribution in [0.3, 0.4) is 0 Å². The van der Waals surface area contributed by atoms with Gasteiger partial charge in [-0.3, -0.25) is 11.3 Å². The molecule has 3 N–H and O–H groups in total. The van der Waals surface area contributed by atoms with Crippen molar-refractivity contribution >= 4 is 23.2 Å². The van der Waals surface area contributed by atoms with Crippen molar-refractivity contribution in [1.29, 1.82) is 0 Å². The third kappa shape index (κ3) is 4.14. The van der Waals surface area contributed by atoms with Gasteiger partial charge in [0, 0.05) is 16.6 Å². The first-order valence-corrected chi connectivity index (χ1v) is 7.09. The van der Waals surface area contributed by atoms with Gasteiger partial charge in [-0.05, 0) is 42.7 Å². The molecule has 2 aromatic carbocycles. The molecule has 0 bridgehead atoms. The summed E-state index contributed by atoms with van der Waals surface area (Å²) in [5.41, 5.74) is 3.71. The fourth-order valence-corrected chi connectivity index (χ4v) is 2.47. The van der Waals surface area contributed by atoms with Gasteiger partial charge < -0.3 is 0 Å². The summed E-state index contributed by atoms with van der Waals surface area (Å²) in [6, 6.07) is 8.76.